The van der Waals surface area contributed by atoms with Gasteiger partial charge in [0, 0.05) is 6.20 Å². The highest BCUT2D eigenvalue weighted by Gasteiger charge is 2.30. The highest BCUT2D eigenvalue weighted by Crippen LogP contribution is 2.14. The third-order valence-corrected chi connectivity index (χ3v) is 4.40. The predicted octanol–water partition coefficient (Wildman–Crippen LogP) is 0.926. The summed E-state index contributed by atoms with van der Waals surface area (Å²) < 4.78 is 51.3. The molecule has 1 rings (SSSR count). The van der Waals surface area contributed by atoms with Crippen LogP contribution in [-0.2, 0) is 21.4 Å². The van der Waals surface area contributed by atoms with Gasteiger partial charge in [-0.1, -0.05) is 20.3 Å². The lowest BCUT2D eigenvalue weighted by Gasteiger charge is -2.19. The smallest absolute Gasteiger partial charge is 0.322 e. The average molecular weight is 325 g/mol. The van der Waals surface area contributed by atoms with E-state index in [-0.39, 0.29) is 4.90 Å². The van der Waals surface area contributed by atoms with E-state index in [1.807, 2.05) is 0 Å². The van der Waals surface area contributed by atoms with E-state index >= 15 is 0 Å². The summed E-state index contributed by atoms with van der Waals surface area (Å²) in [4.78, 5) is 10.8. The topological polar surface area (TPSA) is 101 Å². The van der Waals surface area contributed by atoms with E-state index in [4.69, 9.17) is 5.11 Å². The van der Waals surface area contributed by atoms with Gasteiger partial charge in [-0.3, -0.25) is 9.48 Å². The van der Waals surface area contributed by atoms with Gasteiger partial charge in [0.15, 0.2) is 0 Å². The van der Waals surface area contributed by atoms with Gasteiger partial charge in [0.25, 0.3) is 6.43 Å². The quantitative estimate of drug-likeness (QED) is 0.740. The zero-order chi connectivity index (χ0) is 16.2. The van der Waals surface area contributed by atoms with Gasteiger partial charge in [-0.25, -0.2) is 17.2 Å². The summed E-state index contributed by atoms with van der Waals surface area (Å²) >= 11 is 0. The van der Waals surface area contributed by atoms with E-state index in [1.165, 1.54) is 0 Å². The molecule has 0 unspecified atom stereocenters. The second-order valence-electron chi connectivity index (χ2n) is 4.61. The number of carbonyl (C=O) groups is 1. The van der Waals surface area contributed by atoms with Gasteiger partial charge in [-0.2, -0.15) is 9.82 Å². The fraction of sp³-hybridized carbons (Fsp3) is 0.636. The number of hydrogen-bond donors (Lipinski definition) is 2. The van der Waals surface area contributed by atoms with Crippen LogP contribution in [0.2, 0.25) is 0 Å². The van der Waals surface area contributed by atoms with Crippen LogP contribution in [0.25, 0.3) is 0 Å². The van der Waals surface area contributed by atoms with Crippen molar-refractivity contribution in [3.63, 3.8) is 0 Å². The lowest BCUT2D eigenvalue weighted by molar-refractivity contribution is -0.140. The molecule has 1 aromatic rings. The number of aromatic nitrogens is 2. The maximum atomic E-state index is 12.2. The molecule has 0 aliphatic rings. The molecule has 1 aromatic heterocycles. The van der Waals surface area contributed by atoms with Gasteiger partial charge in [0.05, 0.1) is 6.20 Å². The summed E-state index contributed by atoms with van der Waals surface area (Å²) in [6.45, 7) is 2.60. The largest absolute Gasteiger partial charge is 0.480 e. The van der Waals surface area contributed by atoms with Crippen molar-refractivity contribution in [3.05, 3.63) is 12.4 Å². The van der Waals surface area contributed by atoms with Gasteiger partial charge >= 0.3 is 5.97 Å². The van der Waals surface area contributed by atoms with Crippen molar-refractivity contribution in [3.8, 4) is 0 Å². The van der Waals surface area contributed by atoms with Crippen LogP contribution in [0.4, 0.5) is 8.78 Å². The summed E-state index contributed by atoms with van der Waals surface area (Å²) in [5.74, 6) is -1.72. The molecule has 10 heteroatoms. The molecule has 0 aliphatic carbocycles. The Morgan fingerprint density at radius 3 is 2.62 bits per heavy atom. The van der Waals surface area contributed by atoms with Gasteiger partial charge in [0.2, 0.25) is 10.0 Å². The van der Waals surface area contributed by atoms with E-state index in [0.29, 0.717) is 6.42 Å². The minimum absolute atomic E-state index is 0.349. The molecular weight excluding hydrogens is 308 g/mol. The summed E-state index contributed by atoms with van der Waals surface area (Å²) in [5.41, 5.74) is 0. The average Bonchev–Trinajstić information content (AvgIpc) is 2.83. The standard InChI is InChI=1S/C11H17F2N3O4S/c1-3-7(2)10(11(17)18)15-21(19,20)8-4-14-16(5-8)6-9(12)13/h4-5,7,9-10,15H,3,6H2,1-2H3,(H,17,18)/t7-,10-/m0/s1. The summed E-state index contributed by atoms with van der Waals surface area (Å²) in [6, 6.07) is -1.29. The van der Waals surface area contributed by atoms with E-state index < -0.39 is 40.9 Å². The molecule has 0 amide bonds. The van der Waals surface area contributed by atoms with Crippen LogP contribution in [0.1, 0.15) is 20.3 Å². The normalized spacial score (nSPS) is 15.1. The summed E-state index contributed by atoms with van der Waals surface area (Å²) in [7, 11) is -4.13. The van der Waals surface area contributed by atoms with Crippen LogP contribution >= 0.6 is 0 Å². The molecular formula is C11H17F2N3O4S. The third kappa shape index (κ3) is 4.74. The maximum absolute atomic E-state index is 12.2. The van der Waals surface area contributed by atoms with Gasteiger partial charge in [-0.15, -0.1) is 0 Å². The molecule has 21 heavy (non-hydrogen) atoms. The van der Waals surface area contributed by atoms with Crippen LogP contribution in [0.3, 0.4) is 0 Å². The molecule has 0 bridgehead atoms. The Morgan fingerprint density at radius 1 is 1.52 bits per heavy atom. The van der Waals surface area contributed by atoms with E-state index in [1.54, 1.807) is 13.8 Å². The number of nitrogens with one attached hydrogen (secondary N) is 1. The Balaban J connectivity index is 2.94. The van der Waals surface area contributed by atoms with Crippen molar-refractivity contribution in [2.24, 2.45) is 5.92 Å². The van der Waals surface area contributed by atoms with E-state index in [9.17, 15) is 22.0 Å². The number of sulfonamides is 1. The molecule has 0 spiro atoms. The van der Waals surface area contributed by atoms with Crippen LogP contribution in [0.5, 0.6) is 0 Å². The fourth-order valence-corrected chi connectivity index (χ4v) is 2.86. The van der Waals surface area contributed by atoms with Crippen LogP contribution in [0, 0.1) is 5.92 Å². The number of aliphatic carboxylic acids is 1. The molecule has 0 saturated heterocycles. The molecule has 0 aliphatic heterocycles. The molecule has 2 N–H and O–H groups in total. The molecule has 0 aromatic carbocycles. The SMILES string of the molecule is CC[C@H](C)[C@H](NS(=O)(=O)c1cnn(CC(F)F)c1)C(=O)O. The first-order valence-corrected chi connectivity index (χ1v) is 7.71. The Labute approximate surface area is 121 Å². The van der Waals surface area contributed by atoms with Crippen LogP contribution < -0.4 is 4.72 Å². The third-order valence-electron chi connectivity index (χ3n) is 3.01. The lowest BCUT2D eigenvalue weighted by Crippen LogP contribution is -2.44. The maximum Gasteiger partial charge on any atom is 0.322 e. The Kier molecular flexibility index (Phi) is 5.78. The molecule has 0 radical (unpaired) electrons. The van der Waals surface area contributed by atoms with Crippen LogP contribution in [0.15, 0.2) is 17.3 Å². The van der Waals surface area contributed by atoms with E-state index in [2.05, 4.69) is 9.82 Å². The van der Waals surface area contributed by atoms with Crippen molar-refractivity contribution < 1.29 is 27.1 Å². The monoisotopic (exact) mass is 325 g/mol. The number of alkyl halides is 2. The molecule has 1 heterocycles. The highest BCUT2D eigenvalue weighted by atomic mass is 32.2. The Morgan fingerprint density at radius 2 is 2.14 bits per heavy atom. The number of nitrogens with zero attached hydrogens (tertiary/aromatic N) is 2. The number of rotatable bonds is 8. The van der Waals surface area contributed by atoms with Crippen LogP contribution in [-0.4, -0.2) is 41.7 Å². The molecule has 0 saturated carbocycles. The Bertz CT molecular complexity index is 588. The van der Waals surface area contributed by atoms with Gasteiger partial charge in [-0.05, 0) is 5.92 Å². The fourth-order valence-electron chi connectivity index (χ4n) is 1.61. The molecule has 7 nitrogen and oxygen atoms in total. The second kappa shape index (κ2) is 6.94. The zero-order valence-corrected chi connectivity index (χ0v) is 12.3. The highest BCUT2D eigenvalue weighted by molar-refractivity contribution is 7.89. The Hall–Kier alpha value is -1.55. The van der Waals surface area contributed by atoms with Crippen molar-refractivity contribution in [1.29, 1.82) is 0 Å². The minimum atomic E-state index is -4.13. The predicted molar refractivity (Wildman–Crippen MR) is 69.4 cm³/mol. The zero-order valence-electron chi connectivity index (χ0n) is 11.5. The van der Waals surface area contributed by atoms with Crippen molar-refractivity contribution in [2.45, 2.75) is 44.2 Å². The summed E-state index contributed by atoms with van der Waals surface area (Å²) in [6.07, 6.45) is -0.366. The van der Waals surface area contributed by atoms with E-state index in [0.717, 1.165) is 17.1 Å². The lowest BCUT2D eigenvalue weighted by atomic mass is 10.0. The van der Waals surface area contributed by atoms with Gasteiger partial charge < -0.3 is 5.11 Å². The molecule has 120 valence electrons. The molecule has 2 atom stereocenters. The number of carboxylic acids is 1. The summed E-state index contributed by atoms with van der Waals surface area (Å²) in [5, 5.41) is 12.6. The van der Waals surface area contributed by atoms with Crippen molar-refractivity contribution in [2.75, 3.05) is 0 Å². The van der Waals surface area contributed by atoms with Crippen molar-refractivity contribution in [1.82, 2.24) is 14.5 Å². The minimum Gasteiger partial charge on any atom is -0.480 e. The molecule has 0 fully saturated rings. The second-order valence-corrected chi connectivity index (χ2v) is 6.33. The first-order valence-electron chi connectivity index (χ1n) is 6.23. The first kappa shape index (κ1) is 17.5. The number of hydrogen-bond acceptors (Lipinski definition) is 4. The van der Waals surface area contributed by atoms with Gasteiger partial charge in [0.1, 0.15) is 17.5 Å². The number of carboxylic acid groups (broad SMARTS) is 1. The first-order chi connectivity index (χ1) is 9.67. The van der Waals surface area contributed by atoms with Crippen molar-refractivity contribution >= 4 is 16.0 Å². The number of halogens is 2.